The number of para-hydroxylation sites is 3. The first-order chi connectivity index (χ1) is 29.2. The fourth-order valence-electron chi connectivity index (χ4n) is 8.95. The number of anilines is 2. The van der Waals surface area contributed by atoms with Crippen LogP contribution in [0.2, 0.25) is 0 Å². The number of nitrogens with zero attached hydrogens (tertiary/aromatic N) is 2. The van der Waals surface area contributed by atoms with Gasteiger partial charge in [0.1, 0.15) is 11.9 Å². The topological polar surface area (TPSA) is 50.0 Å². The summed E-state index contributed by atoms with van der Waals surface area (Å²) in [6.07, 6.45) is 6.62. The van der Waals surface area contributed by atoms with Gasteiger partial charge in [-0.15, -0.1) is 0 Å². The highest BCUT2D eigenvalue weighted by atomic mass is 16.5. The van der Waals surface area contributed by atoms with Crippen molar-refractivity contribution in [3.63, 3.8) is 0 Å². The molecule has 0 saturated heterocycles. The van der Waals surface area contributed by atoms with Crippen LogP contribution >= 0.6 is 0 Å². The van der Waals surface area contributed by atoms with E-state index in [1.807, 2.05) is 30.3 Å². The summed E-state index contributed by atoms with van der Waals surface area (Å²) in [5, 5.41) is 15.4. The van der Waals surface area contributed by atoms with Crippen LogP contribution in [0.25, 0.3) is 66.4 Å². The zero-order valence-electron chi connectivity index (χ0n) is 32.1. The predicted molar refractivity (Wildman–Crippen MR) is 242 cm³/mol. The smallest absolute Gasteiger partial charge is 0.135 e. The van der Waals surface area contributed by atoms with E-state index in [0.29, 0.717) is 5.56 Å². The lowest BCUT2D eigenvalue weighted by Gasteiger charge is -2.23. The van der Waals surface area contributed by atoms with Crippen LogP contribution in [0.1, 0.15) is 22.6 Å². The van der Waals surface area contributed by atoms with Gasteiger partial charge < -0.3 is 14.6 Å². The monoisotopic (exact) mass is 755 g/mol. The van der Waals surface area contributed by atoms with Crippen molar-refractivity contribution in [2.24, 2.45) is 0 Å². The molecule has 4 heteroatoms. The van der Waals surface area contributed by atoms with Crippen LogP contribution in [-0.2, 0) is 0 Å². The number of nitriles is 1. The molecule has 0 spiro atoms. The van der Waals surface area contributed by atoms with Gasteiger partial charge in [-0.2, -0.15) is 5.26 Å². The molecule has 8 aromatic carbocycles. The van der Waals surface area contributed by atoms with Gasteiger partial charge in [0.25, 0.3) is 0 Å². The largest absolute Gasteiger partial charge is 0.484 e. The van der Waals surface area contributed by atoms with E-state index in [1.54, 1.807) is 0 Å². The second-order valence-electron chi connectivity index (χ2n) is 15.3. The summed E-state index contributed by atoms with van der Waals surface area (Å²) in [4.78, 5) is 0. The van der Waals surface area contributed by atoms with Gasteiger partial charge in [0.2, 0.25) is 0 Å². The van der Waals surface area contributed by atoms with E-state index in [2.05, 4.69) is 192 Å². The number of aromatic nitrogens is 1. The highest BCUT2D eigenvalue weighted by Crippen LogP contribution is 2.47. The molecular formula is C55H37N3O. The first-order valence-electron chi connectivity index (χ1n) is 20.0. The standard InChI is InChI=1S/C55H37N3O/c56-35-36-11-8-14-43(31-36)57-51-21-6-4-17-45(51)41-13-9-12-39(32-41)37-23-25-38(26-24-37)40-28-30-52-50(33-40)47-29-27-42(34-53(47)58(52)44-15-2-1-3-16-44)46-19-10-20-49-48-18-5-7-22-54(48)59-55(46)49/h1-34,49,55,57H. The van der Waals surface area contributed by atoms with Crippen molar-refractivity contribution in [1.29, 1.82) is 5.26 Å². The molecule has 0 amide bonds. The summed E-state index contributed by atoms with van der Waals surface area (Å²) in [6, 6.07) is 68.5. The van der Waals surface area contributed by atoms with Crippen molar-refractivity contribution in [2.45, 2.75) is 12.0 Å². The quantitative estimate of drug-likeness (QED) is 0.176. The number of ether oxygens (including phenoxy) is 1. The van der Waals surface area contributed by atoms with Gasteiger partial charge in [-0.3, -0.25) is 0 Å². The van der Waals surface area contributed by atoms with Gasteiger partial charge in [-0.1, -0.05) is 140 Å². The van der Waals surface area contributed by atoms with Gasteiger partial charge in [-0.25, -0.2) is 0 Å². The average Bonchev–Trinajstić information content (AvgIpc) is 3.85. The molecule has 9 aromatic rings. The van der Waals surface area contributed by atoms with Crippen LogP contribution < -0.4 is 10.1 Å². The van der Waals surface area contributed by atoms with Gasteiger partial charge in [0.15, 0.2) is 0 Å². The predicted octanol–water partition coefficient (Wildman–Crippen LogP) is 13.9. The molecule has 2 unspecified atom stereocenters. The fraction of sp³-hybridized carbons (Fsp3) is 0.0364. The zero-order valence-corrected chi connectivity index (χ0v) is 32.1. The van der Waals surface area contributed by atoms with E-state index in [-0.39, 0.29) is 12.0 Å². The van der Waals surface area contributed by atoms with Crippen LogP contribution in [0.4, 0.5) is 11.4 Å². The maximum absolute atomic E-state index is 9.40. The maximum atomic E-state index is 9.40. The average molecular weight is 756 g/mol. The van der Waals surface area contributed by atoms with E-state index in [9.17, 15) is 5.26 Å². The zero-order chi connectivity index (χ0) is 39.3. The SMILES string of the molecule is N#Cc1cccc(Nc2ccccc2-c2cccc(-c3ccc(-c4ccc5c(c4)c4ccc(C6=CC=CC7c8ccccc8OC67)cc4n5-c4ccccc4)cc3)c2)c1. The summed E-state index contributed by atoms with van der Waals surface area (Å²) in [5.41, 5.74) is 16.5. The molecule has 0 bridgehead atoms. The third-order valence-electron chi connectivity index (χ3n) is 11.8. The Bertz CT molecular complexity index is 3180. The number of fused-ring (bicyclic) bond motifs is 6. The van der Waals surface area contributed by atoms with E-state index in [4.69, 9.17) is 4.74 Å². The summed E-state index contributed by atoms with van der Waals surface area (Å²) in [5.74, 6) is 1.18. The molecule has 1 N–H and O–H groups in total. The molecule has 1 aliphatic heterocycles. The summed E-state index contributed by atoms with van der Waals surface area (Å²) in [7, 11) is 0. The first kappa shape index (κ1) is 34.4. The molecule has 1 aliphatic carbocycles. The Kier molecular flexibility index (Phi) is 8.31. The van der Waals surface area contributed by atoms with Crippen molar-refractivity contribution in [3.05, 3.63) is 223 Å². The Balaban J connectivity index is 0.929. The number of benzene rings is 8. The van der Waals surface area contributed by atoms with E-state index >= 15 is 0 Å². The second kappa shape index (κ2) is 14.3. The highest BCUT2D eigenvalue weighted by molar-refractivity contribution is 6.11. The van der Waals surface area contributed by atoms with E-state index in [1.165, 1.54) is 49.6 Å². The molecule has 4 nitrogen and oxygen atoms in total. The second-order valence-corrected chi connectivity index (χ2v) is 15.3. The van der Waals surface area contributed by atoms with Crippen LogP contribution in [0.3, 0.4) is 0 Å². The van der Waals surface area contributed by atoms with Crippen LogP contribution in [0.5, 0.6) is 5.75 Å². The minimum atomic E-state index is -0.0477. The lowest BCUT2D eigenvalue weighted by molar-refractivity contribution is 0.278. The molecule has 59 heavy (non-hydrogen) atoms. The Labute approximate surface area is 343 Å². The number of hydrogen-bond donors (Lipinski definition) is 1. The lowest BCUT2D eigenvalue weighted by Crippen LogP contribution is -2.21. The van der Waals surface area contributed by atoms with Crippen molar-refractivity contribution in [1.82, 2.24) is 4.57 Å². The molecule has 1 aromatic heterocycles. The van der Waals surface area contributed by atoms with Crippen LogP contribution in [0.15, 0.2) is 206 Å². The molecule has 0 fully saturated rings. The Morgan fingerprint density at radius 3 is 2.14 bits per heavy atom. The third kappa shape index (κ3) is 6.09. The van der Waals surface area contributed by atoms with Crippen LogP contribution in [-0.4, -0.2) is 10.7 Å². The molecule has 0 radical (unpaired) electrons. The Morgan fingerprint density at radius 2 is 1.27 bits per heavy atom. The number of allylic oxidation sites excluding steroid dienone is 2. The number of hydrogen-bond acceptors (Lipinski definition) is 3. The van der Waals surface area contributed by atoms with E-state index in [0.717, 1.165) is 45.1 Å². The third-order valence-corrected chi connectivity index (χ3v) is 11.8. The minimum absolute atomic E-state index is 0.0477. The Morgan fingerprint density at radius 1 is 0.542 bits per heavy atom. The van der Waals surface area contributed by atoms with Gasteiger partial charge in [0, 0.05) is 50.5 Å². The van der Waals surface area contributed by atoms with Gasteiger partial charge >= 0.3 is 0 Å². The summed E-state index contributed by atoms with van der Waals surface area (Å²) < 4.78 is 8.98. The number of nitrogens with one attached hydrogen (secondary N) is 1. The Hall–Kier alpha value is -7.87. The normalized spacial score (nSPS) is 15.3. The molecule has 2 heterocycles. The first-order valence-corrected chi connectivity index (χ1v) is 20.0. The summed E-state index contributed by atoms with van der Waals surface area (Å²) >= 11 is 0. The summed E-state index contributed by atoms with van der Waals surface area (Å²) in [6.45, 7) is 0. The molecule has 278 valence electrons. The molecular weight excluding hydrogens is 719 g/mol. The minimum Gasteiger partial charge on any atom is -0.484 e. The van der Waals surface area contributed by atoms with Crippen molar-refractivity contribution >= 4 is 38.8 Å². The molecule has 2 atom stereocenters. The highest BCUT2D eigenvalue weighted by Gasteiger charge is 2.37. The van der Waals surface area contributed by atoms with Crippen molar-refractivity contribution < 1.29 is 4.74 Å². The van der Waals surface area contributed by atoms with Gasteiger partial charge in [-0.05, 0) is 100 Å². The van der Waals surface area contributed by atoms with Crippen LogP contribution in [0, 0.1) is 11.3 Å². The molecule has 11 rings (SSSR count). The van der Waals surface area contributed by atoms with Crippen molar-refractivity contribution in [3.8, 4) is 50.9 Å². The maximum Gasteiger partial charge on any atom is 0.135 e. The molecule has 2 aliphatic rings. The lowest BCUT2D eigenvalue weighted by atomic mass is 9.84. The van der Waals surface area contributed by atoms with Gasteiger partial charge in [0.05, 0.1) is 22.7 Å². The molecule has 0 saturated carbocycles. The van der Waals surface area contributed by atoms with E-state index < -0.39 is 0 Å². The fourth-order valence-corrected chi connectivity index (χ4v) is 8.95. The van der Waals surface area contributed by atoms with Crippen molar-refractivity contribution in [2.75, 3.05) is 5.32 Å². The number of rotatable bonds is 7.